The second kappa shape index (κ2) is 6.94. The van der Waals surface area contributed by atoms with E-state index in [-0.39, 0.29) is 0 Å². The van der Waals surface area contributed by atoms with Gasteiger partial charge >= 0.3 is 0 Å². The molecule has 0 radical (unpaired) electrons. The van der Waals surface area contributed by atoms with Crippen LogP contribution in [-0.4, -0.2) is 25.7 Å². The highest BCUT2D eigenvalue weighted by atomic mass is 35.5. The molecular formula is C19H15Cl2N5. The van der Waals surface area contributed by atoms with Gasteiger partial charge in [-0.25, -0.2) is 4.68 Å². The van der Waals surface area contributed by atoms with Crippen LogP contribution in [0.15, 0.2) is 60.2 Å². The lowest BCUT2D eigenvalue weighted by Crippen LogP contribution is -2.03. The second-order valence-electron chi connectivity index (χ2n) is 5.92. The summed E-state index contributed by atoms with van der Waals surface area (Å²) in [6, 6.07) is 13.8. The summed E-state index contributed by atoms with van der Waals surface area (Å²) >= 11 is 12.4. The lowest BCUT2D eigenvalue weighted by molar-refractivity contribution is 0.804. The van der Waals surface area contributed by atoms with Gasteiger partial charge < -0.3 is 4.57 Å². The molecule has 2 heterocycles. The average molecular weight is 384 g/mol. The lowest BCUT2D eigenvalue weighted by Gasteiger charge is -2.10. The molecule has 0 aliphatic rings. The first kappa shape index (κ1) is 16.8. The Bertz CT molecular complexity index is 1100. The lowest BCUT2D eigenvalue weighted by atomic mass is 10.1. The number of para-hydroxylation sites is 1. The molecule has 0 atom stereocenters. The molecule has 5 nitrogen and oxygen atoms in total. The quantitative estimate of drug-likeness (QED) is 0.476. The summed E-state index contributed by atoms with van der Waals surface area (Å²) in [6.45, 7) is 2.74. The normalized spacial score (nSPS) is 11.7. The topological polar surface area (TPSA) is 48.0 Å². The van der Waals surface area contributed by atoms with Gasteiger partial charge in [0, 0.05) is 38.8 Å². The van der Waals surface area contributed by atoms with E-state index in [1.165, 1.54) is 0 Å². The summed E-state index contributed by atoms with van der Waals surface area (Å²) in [6.07, 6.45) is 4.94. The van der Waals surface area contributed by atoms with E-state index in [1.54, 1.807) is 23.4 Å². The van der Waals surface area contributed by atoms with Gasteiger partial charge in [-0.05, 0) is 30.7 Å². The minimum Gasteiger partial charge on any atom is -0.340 e. The SMILES string of the molecule is Cc1c(/C=N\n2cnnc2)c2ccccc2n1Cc1ccc(Cl)cc1Cl. The van der Waals surface area contributed by atoms with Crippen molar-refractivity contribution < 1.29 is 0 Å². The monoisotopic (exact) mass is 383 g/mol. The van der Waals surface area contributed by atoms with E-state index in [0.717, 1.165) is 27.7 Å². The number of fused-ring (bicyclic) bond motifs is 1. The smallest absolute Gasteiger partial charge is 0.141 e. The maximum absolute atomic E-state index is 6.38. The molecule has 0 bridgehead atoms. The van der Waals surface area contributed by atoms with Crippen molar-refractivity contribution in [2.45, 2.75) is 13.5 Å². The second-order valence-corrected chi connectivity index (χ2v) is 6.77. The van der Waals surface area contributed by atoms with E-state index in [1.807, 2.05) is 30.5 Å². The number of hydrogen-bond acceptors (Lipinski definition) is 3. The van der Waals surface area contributed by atoms with E-state index in [0.29, 0.717) is 16.6 Å². The molecule has 0 saturated heterocycles. The van der Waals surface area contributed by atoms with Crippen LogP contribution in [0.25, 0.3) is 10.9 Å². The molecule has 0 N–H and O–H groups in total. The zero-order valence-corrected chi connectivity index (χ0v) is 15.5. The fraction of sp³-hybridized carbons (Fsp3) is 0.105. The van der Waals surface area contributed by atoms with Crippen LogP contribution in [0.3, 0.4) is 0 Å². The third kappa shape index (κ3) is 3.11. The van der Waals surface area contributed by atoms with Crippen LogP contribution < -0.4 is 0 Å². The van der Waals surface area contributed by atoms with E-state index in [2.05, 4.69) is 38.9 Å². The van der Waals surface area contributed by atoms with Crippen LogP contribution in [0, 0.1) is 6.92 Å². The van der Waals surface area contributed by atoms with Crippen LogP contribution in [0.5, 0.6) is 0 Å². The van der Waals surface area contributed by atoms with Gasteiger partial charge in [0.25, 0.3) is 0 Å². The molecule has 0 spiro atoms. The van der Waals surface area contributed by atoms with Crippen molar-refractivity contribution in [1.82, 2.24) is 19.4 Å². The predicted molar refractivity (Wildman–Crippen MR) is 105 cm³/mol. The number of benzene rings is 2. The summed E-state index contributed by atoms with van der Waals surface area (Å²) in [5, 5.41) is 14.4. The Morgan fingerprint density at radius 3 is 2.62 bits per heavy atom. The molecule has 4 aromatic rings. The zero-order valence-electron chi connectivity index (χ0n) is 14.0. The Morgan fingerprint density at radius 2 is 1.85 bits per heavy atom. The van der Waals surface area contributed by atoms with E-state index >= 15 is 0 Å². The van der Waals surface area contributed by atoms with Crippen LogP contribution in [0.4, 0.5) is 0 Å². The molecular weight excluding hydrogens is 369 g/mol. The molecule has 4 rings (SSSR count). The molecule has 0 saturated carbocycles. The molecule has 0 fully saturated rings. The van der Waals surface area contributed by atoms with Crippen LogP contribution in [0.1, 0.15) is 16.8 Å². The average Bonchev–Trinajstić information content (AvgIpc) is 3.23. The van der Waals surface area contributed by atoms with Gasteiger partial charge in [0.05, 0.1) is 6.21 Å². The first-order chi connectivity index (χ1) is 12.6. The molecule has 0 unspecified atom stereocenters. The van der Waals surface area contributed by atoms with Crippen molar-refractivity contribution in [2.75, 3.05) is 0 Å². The predicted octanol–water partition coefficient (Wildman–Crippen LogP) is 4.78. The molecule has 26 heavy (non-hydrogen) atoms. The third-order valence-corrected chi connectivity index (χ3v) is 4.94. The highest BCUT2D eigenvalue weighted by molar-refractivity contribution is 6.35. The van der Waals surface area contributed by atoms with Crippen LogP contribution in [0.2, 0.25) is 10.0 Å². The summed E-state index contributed by atoms with van der Waals surface area (Å²) in [4.78, 5) is 0. The number of halogens is 2. The fourth-order valence-electron chi connectivity index (χ4n) is 3.02. The van der Waals surface area contributed by atoms with E-state index < -0.39 is 0 Å². The largest absolute Gasteiger partial charge is 0.340 e. The summed E-state index contributed by atoms with van der Waals surface area (Å²) in [7, 11) is 0. The summed E-state index contributed by atoms with van der Waals surface area (Å²) in [5.74, 6) is 0. The first-order valence-electron chi connectivity index (χ1n) is 8.04. The first-order valence-corrected chi connectivity index (χ1v) is 8.80. The van der Waals surface area contributed by atoms with Crippen molar-refractivity contribution >= 4 is 40.3 Å². The number of hydrogen-bond donors (Lipinski definition) is 0. The van der Waals surface area contributed by atoms with Gasteiger partial charge in [-0.15, -0.1) is 10.2 Å². The Labute approximate surface area is 160 Å². The Balaban J connectivity index is 1.81. The van der Waals surface area contributed by atoms with Gasteiger partial charge in [-0.2, -0.15) is 5.10 Å². The molecule has 130 valence electrons. The maximum Gasteiger partial charge on any atom is 0.141 e. The number of aromatic nitrogens is 4. The van der Waals surface area contributed by atoms with E-state index in [4.69, 9.17) is 23.2 Å². The molecule has 2 aromatic heterocycles. The van der Waals surface area contributed by atoms with Gasteiger partial charge in [0.2, 0.25) is 0 Å². The van der Waals surface area contributed by atoms with Crippen molar-refractivity contribution in [2.24, 2.45) is 5.10 Å². The molecule has 2 aromatic carbocycles. The third-order valence-electron chi connectivity index (χ3n) is 4.35. The van der Waals surface area contributed by atoms with Crippen LogP contribution >= 0.6 is 23.2 Å². The van der Waals surface area contributed by atoms with Gasteiger partial charge in [-0.1, -0.05) is 47.5 Å². The van der Waals surface area contributed by atoms with Gasteiger partial charge in [0.1, 0.15) is 12.7 Å². The molecule has 0 amide bonds. The summed E-state index contributed by atoms with van der Waals surface area (Å²) < 4.78 is 3.81. The zero-order chi connectivity index (χ0) is 18.1. The van der Waals surface area contributed by atoms with Crippen molar-refractivity contribution in [3.63, 3.8) is 0 Å². The summed E-state index contributed by atoms with van der Waals surface area (Å²) in [5.41, 5.74) is 4.30. The standard InChI is InChI=1S/C19H15Cl2N5/c1-13-17(9-24-25-11-22-23-12-25)16-4-2-3-5-19(16)26(13)10-14-6-7-15(20)8-18(14)21/h2-9,11-12H,10H2,1H3/b24-9-. The highest BCUT2D eigenvalue weighted by Gasteiger charge is 2.14. The van der Waals surface area contributed by atoms with Gasteiger partial charge in [-0.3, -0.25) is 0 Å². The number of rotatable bonds is 4. The minimum absolute atomic E-state index is 0.634. The maximum atomic E-state index is 6.38. The molecule has 0 aliphatic carbocycles. The highest BCUT2D eigenvalue weighted by Crippen LogP contribution is 2.28. The molecule has 0 aliphatic heterocycles. The molecule has 7 heteroatoms. The Kier molecular flexibility index (Phi) is 4.49. The van der Waals surface area contributed by atoms with Crippen molar-refractivity contribution in [1.29, 1.82) is 0 Å². The van der Waals surface area contributed by atoms with Crippen LogP contribution in [-0.2, 0) is 6.54 Å². The number of nitrogens with zero attached hydrogens (tertiary/aromatic N) is 5. The van der Waals surface area contributed by atoms with Gasteiger partial charge in [0.15, 0.2) is 0 Å². The van der Waals surface area contributed by atoms with Crippen molar-refractivity contribution in [3.05, 3.63) is 82.0 Å². The Hall–Kier alpha value is -2.63. The Morgan fingerprint density at radius 1 is 1.08 bits per heavy atom. The minimum atomic E-state index is 0.634. The fourth-order valence-corrected chi connectivity index (χ4v) is 3.49. The van der Waals surface area contributed by atoms with E-state index in [9.17, 15) is 0 Å². The van der Waals surface area contributed by atoms with Crippen molar-refractivity contribution in [3.8, 4) is 0 Å².